The molecular weight excluding hydrogens is 408 g/mol. The Morgan fingerprint density at radius 2 is 1.03 bits per heavy atom. The zero-order valence-electron chi connectivity index (χ0n) is 15.5. The van der Waals surface area contributed by atoms with E-state index in [1.54, 1.807) is 0 Å². The van der Waals surface area contributed by atoms with Gasteiger partial charge in [-0.05, 0) is 0 Å². The zero-order chi connectivity index (χ0) is 21.0. The monoisotopic (exact) mass is 426 g/mol. The standard InChI is InChI=1S/C13H9.3C3H4O2.Ti/c1-3-7-12-10(5-1)9-11-6-2-4-8-13(11)12;3*1-2-3(4)5;/h1-9H;3*2H,1H2,(H,4,5);/q;;;;+3/p-3. The average molecular weight is 426 g/mol. The number of rotatable bonds is 7. The van der Waals surface area contributed by atoms with Crippen LogP contribution in [0.4, 0.5) is 0 Å². The Bertz CT molecular complexity index is 925. The van der Waals surface area contributed by atoms with Gasteiger partial charge in [-0.1, -0.05) is 0 Å². The second kappa shape index (κ2) is 8.43. The SMILES string of the molecule is C=CC(=O)[O][Ti]([O]C(=O)C=C)([O]C(=O)C=C)[CH]1c2ccccc2-c2ccccc21. The van der Waals surface area contributed by atoms with Crippen LogP contribution < -0.4 is 0 Å². The Balaban J connectivity index is 2.28. The van der Waals surface area contributed by atoms with Crippen LogP contribution in [0, 0.1) is 0 Å². The van der Waals surface area contributed by atoms with Crippen LogP contribution in [0.1, 0.15) is 15.3 Å². The van der Waals surface area contributed by atoms with Crippen molar-refractivity contribution in [1.29, 1.82) is 0 Å². The van der Waals surface area contributed by atoms with Crippen LogP contribution in [0.5, 0.6) is 0 Å². The van der Waals surface area contributed by atoms with E-state index in [9.17, 15) is 14.4 Å². The molecule has 0 spiro atoms. The van der Waals surface area contributed by atoms with Crippen molar-refractivity contribution in [3.8, 4) is 11.1 Å². The number of fused-ring (bicyclic) bond motifs is 3. The summed E-state index contributed by atoms with van der Waals surface area (Å²) in [7, 11) is 0. The molecule has 1 aliphatic carbocycles. The van der Waals surface area contributed by atoms with Gasteiger partial charge in [-0.25, -0.2) is 0 Å². The maximum absolute atomic E-state index is 12.2. The van der Waals surface area contributed by atoms with E-state index in [0.29, 0.717) is 0 Å². The summed E-state index contributed by atoms with van der Waals surface area (Å²) in [5.41, 5.74) is 3.22. The predicted molar refractivity (Wildman–Crippen MR) is 103 cm³/mol. The summed E-state index contributed by atoms with van der Waals surface area (Å²) in [6, 6.07) is 14.8. The Morgan fingerprint density at radius 1 is 0.690 bits per heavy atom. The Morgan fingerprint density at radius 3 is 1.38 bits per heavy atom. The molecule has 0 atom stereocenters. The molecule has 0 fully saturated rings. The third kappa shape index (κ3) is 3.85. The van der Waals surface area contributed by atoms with Crippen molar-refractivity contribution in [2.75, 3.05) is 0 Å². The summed E-state index contributed by atoms with van der Waals surface area (Å²) in [5.74, 6) is -2.58. The summed E-state index contributed by atoms with van der Waals surface area (Å²) in [5, 5.41) is 0. The third-order valence-electron chi connectivity index (χ3n) is 4.42. The third-order valence-corrected chi connectivity index (χ3v) is 8.77. The molecule has 2 aromatic rings. The van der Waals surface area contributed by atoms with E-state index in [0.717, 1.165) is 40.5 Å². The van der Waals surface area contributed by atoms with Gasteiger partial charge in [0.15, 0.2) is 0 Å². The molecule has 0 N–H and O–H groups in total. The minimum absolute atomic E-state index is 0.735. The topological polar surface area (TPSA) is 78.9 Å². The van der Waals surface area contributed by atoms with Crippen LogP contribution in [0.2, 0.25) is 0 Å². The first-order valence-electron chi connectivity index (χ1n) is 8.70. The molecule has 7 heteroatoms. The molecule has 0 radical (unpaired) electrons. The first-order valence-corrected chi connectivity index (χ1v) is 11.5. The molecule has 29 heavy (non-hydrogen) atoms. The molecule has 0 aliphatic heterocycles. The van der Waals surface area contributed by atoms with Gasteiger partial charge < -0.3 is 0 Å². The summed E-state index contributed by atoms with van der Waals surface area (Å²) in [6.07, 6.45) is 2.78. The van der Waals surface area contributed by atoms with Crippen LogP contribution >= 0.6 is 0 Å². The average Bonchev–Trinajstić information content (AvgIpc) is 3.08. The summed E-state index contributed by atoms with van der Waals surface area (Å²) >= 11 is -5.06. The van der Waals surface area contributed by atoms with Crippen molar-refractivity contribution >= 4 is 17.9 Å². The fourth-order valence-corrected chi connectivity index (χ4v) is 7.75. The molecule has 1 aliphatic rings. The van der Waals surface area contributed by atoms with E-state index in [2.05, 4.69) is 19.7 Å². The number of carbonyl (C=O) groups excluding carboxylic acids is 3. The molecule has 6 nitrogen and oxygen atoms in total. The Kier molecular flexibility index (Phi) is 5.96. The fraction of sp³-hybridized carbons (Fsp3) is 0.0455. The number of benzene rings is 2. The number of carbonyl (C=O) groups is 3. The van der Waals surface area contributed by atoms with Gasteiger partial charge in [0, 0.05) is 0 Å². The van der Waals surface area contributed by atoms with Gasteiger partial charge in [-0.2, -0.15) is 0 Å². The molecule has 0 saturated heterocycles. The van der Waals surface area contributed by atoms with Crippen LogP contribution in [-0.2, 0) is 42.1 Å². The quantitative estimate of drug-likeness (QED) is 0.495. The Hall–Kier alpha value is -3.22. The van der Waals surface area contributed by atoms with Crippen molar-refractivity contribution in [1.82, 2.24) is 0 Å². The van der Waals surface area contributed by atoms with Gasteiger partial charge in [0.1, 0.15) is 0 Å². The van der Waals surface area contributed by atoms with Gasteiger partial charge >= 0.3 is 173 Å². The maximum atomic E-state index is 12.2. The molecule has 0 heterocycles. The van der Waals surface area contributed by atoms with Gasteiger partial charge in [0.2, 0.25) is 0 Å². The van der Waals surface area contributed by atoms with Crippen LogP contribution in [0.15, 0.2) is 86.5 Å². The van der Waals surface area contributed by atoms with Crippen molar-refractivity contribution in [3.63, 3.8) is 0 Å². The van der Waals surface area contributed by atoms with E-state index < -0.39 is 39.9 Å². The predicted octanol–water partition coefficient (Wildman–Crippen LogP) is 3.84. The summed E-state index contributed by atoms with van der Waals surface area (Å²) in [4.78, 5) is 36.7. The molecule has 0 unspecified atom stereocenters. The van der Waals surface area contributed by atoms with E-state index in [1.165, 1.54) is 0 Å². The first-order chi connectivity index (χ1) is 14.0. The zero-order valence-corrected chi connectivity index (χ0v) is 17.1. The molecule has 146 valence electrons. The van der Waals surface area contributed by atoms with Crippen LogP contribution in [0.25, 0.3) is 11.1 Å². The van der Waals surface area contributed by atoms with E-state index in [-0.39, 0.29) is 0 Å². The summed E-state index contributed by atoms with van der Waals surface area (Å²) < 4.78 is 16.0. The summed E-state index contributed by atoms with van der Waals surface area (Å²) in [6.45, 7) is 10.2. The molecular formula is C22H18O6Ti. The van der Waals surface area contributed by atoms with Crippen molar-refractivity contribution in [3.05, 3.63) is 97.6 Å². The molecule has 0 bridgehead atoms. The van der Waals surface area contributed by atoms with Gasteiger partial charge in [0.25, 0.3) is 0 Å². The molecule has 0 amide bonds. The molecule has 3 rings (SSSR count). The molecule has 0 saturated carbocycles. The van der Waals surface area contributed by atoms with Gasteiger partial charge in [-0.3, -0.25) is 0 Å². The fourth-order valence-electron chi connectivity index (χ4n) is 3.32. The number of hydrogen-bond acceptors (Lipinski definition) is 6. The van der Waals surface area contributed by atoms with Crippen molar-refractivity contribution in [2.24, 2.45) is 0 Å². The van der Waals surface area contributed by atoms with Crippen molar-refractivity contribution in [2.45, 2.75) is 4.22 Å². The molecule has 2 aromatic carbocycles. The van der Waals surface area contributed by atoms with E-state index >= 15 is 0 Å². The van der Waals surface area contributed by atoms with Gasteiger partial charge in [0.05, 0.1) is 0 Å². The normalized spacial score (nSPS) is 12.1. The van der Waals surface area contributed by atoms with Crippen LogP contribution in [0.3, 0.4) is 0 Å². The second-order valence-electron chi connectivity index (χ2n) is 6.09. The second-order valence-corrected chi connectivity index (χ2v) is 9.83. The van der Waals surface area contributed by atoms with Crippen LogP contribution in [-0.4, -0.2) is 17.9 Å². The van der Waals surface area contributed by atoms with E-state index in [4.69, 9.17) is 9.96 Å². The number of hydrogen-bond donors (Lipinski definition) is 0. The van der Waals surface area contributed by atoms with Crippen molar-refractivity contribution < 1.29 is 42.1 Å². The van der Waals surface area contributed by atoms with Gasteiger partial charge in [-0.15, -0.1) is 0 Å². The Labute approximate surface area is 172 Å². The minimum atomic E-state index is -5.06. The first kappa shape index (κ1) is 20.5. The molecule has 0 aromatic heterocycles. The van der Waals surface area contributed by atoms with E-state index in [1.807, 2.05) is 48.5 Å².